The maximum absolute atomic E-state index is 12.2. The van der Waals surface area contributed by atoms with Crippen molar-refractivity contribution in [3.05, 3.63) is 63.3 Å². The number of methoxy groups -OCH3 is 1. The average molecular weight is 429 g/mol. The molecule has 4 aromatic rings. The van der Waals surface area contributed by atoms with Gasteiger partial charge in [0.2, 0.25) is 5.89 Å². The van der Waals surface area contributed by atoms with Gasteiger partial charge in [0.15, 0.2) is 5.58 Å². The predicted molar refractivity (Wildman–Crippen MR) is 106 cm³/mol. The molecular weight excluding hydrogens is 416 g/mol. The van der Waals surface area contributed by atoms with Crippen LogP contribution in [0, 0.1) is 0 Å². The summed E-state index contributed by atoms with van der Waals surface area (Å²) in [5, 5.41) is 4.75. The van der Waals surface area contributed by atoms with E-state index in [9.17, 15) is 4.79 Å². The zero-order valence-corrected chi connectivity index (χ0v) is 16.1. The van der Waals surface area contributed by atoms with Gasteiger partial charge in [0.1, 0.15) is 11.3 Å². The number of benzene rings is 2. The molecule has 0 fully saturated rings. The zero-order chi connectivity index (χ0) is 18.1. The van der Waals surface area contributed by atoms with Crippen molar-refractivity contribution in [1.82, 2.24) is 4.98 Å². The summed E-state index contributed by atoms with van der Waals surface area (Å²) in [6.45, 7) is 0. The first-order valence-electron chi connectivity index (χ1n) is 7.73. The Hall–Kier alpha value is -2.64. The predicted octanol–water partition coefficient (Wildman–Crippen LogP) is 5.58. The molecule has 0 aliphatic rings. The molecule has 26 heavy (non-hydrogen) atoms. The third-order valence-electron chi connectivity index (χ3n) is 3.79. The van der Waals surface area contributed by atoms with E-state index in [4.69, 9.17) is 9.15 Å². The second-order valence-corrected chi connectivity index (χ2v) is 7.28. The van der Waals surface area contributed by atoms with Crippen molar-refractivity contribution in [2.45, 2.75) is 0 Å². The fourth-order valence-electron chi connectivity index (χ4n) is 2.53. The monoisotopic (exact) mass is 428 g/mol. The number of amides is 1. The molecule has 0 saturated carbocycles. The van der Waals surface area contributed by atoms with Crippen LogP contribution in [0.1, 0.15) is 9.67 Å². The first-order chi connectivity index (χ1) is 12.6. The van der Waals surface area contributed by atoms with Crippen molar-refractivity contribution in [1.29, 1.82) is 0 Å². The summed E-state index contributed by atoms with van der Waals surface area (Å²) in [4.78, 5) is 17.4. The lowest BCUT2D eigenvalue weighted by Gasteiger charge is -2.03. The molecule has 0 bridgehead atoms. The van der Waals surface area contributed by atoms with Crippen molar-refractivity contribution in [2.75, 3.05) is 12.4 Å². The number of halogens is 1. The van der Waals surface area contributed by atoms with Crippen LogP contribution in [0.2, 0.25) is 0 Å². The maximum Gasteiger partial charge on any atom is 0.265 e. The van der Waals surface area contributed by atoms with E-state index in [0.717, 1.165) is 15.8 Å². The minimum Gasteiger partial charge on any atom is -0.496 e. The molecule has 0 unspecified atom stereocenters. The first kappa shape index (κ1) is 16.8. The Balaban J connectivity index is 1.63. The molecule has 130 valence electrons. The Bertz CT molecular complexity index is 1090. The third-order valence-corrected chi connectivity index (χ3v) is 5.28. The lowest BCUT2D eigenvalue weighted by molar-refractivity contribution is 0.103. The van der Waals surface area contributed by atoms with Gasteiger partial charge in [-0.15, -0.1) is 11.3 Å². The fourth-order valence-corrected chi connectivity index (χ4v) is 3.69. The number of hydrogen-bond donors (Lipinski definition) is 1. The lowest BCUT2D eigenvalue weighted by atomic mass is 10.2. The number of anilines is 1. The molecule has 1 N–H and O–H groups in total. The number of rotatable bonds is 4. The minimum atomic E-state index is -0.137. The van der Waals surface area contributed by atoms with Crippen molar-refractivity contribution in [3.8, 4) is 17.2 Å². The fraction of sp³-hybridized carbons (Fsp3) is 0.0526. The van der Waals surface area contributed by atoms with Gasteiger partial charge < -0.3 is 14.5 Å². The Kier molecular flexibility index (Phi) is 4.48. The van der Waals surface area contributed by atoms with Gasteiger partial charge in [0.25, 0.3) is 5.91 Å². The number of carbonyl (C=O) groups is 1. The molecule has 0 radical (unpaired) electrons. The van der Waals surface area contributed by atoms with Crippen molar-refractivity contribution >= 4 is 50.0 Å². The molecule has 5 nitrogen and oxygen atoms in total. The molecule has 4 rings (SSSR count). The quantitative estimate of drug-likeness (QED) is 0.460. The van der Waals surface area contributed by atoms with Crippen LogP contribution in [0.15, 0.2) is 62.8 Å². The van der Waals surface area contributed by atoms with E-state index < -0.39 is 0 Å². The number of carbonyl (C=O) groups excluding carboxylic acids is 1. The number of ether oxygens (including phenoxy) is 1. The van der Waals surface area contributed by atoms with E-state index in [1.165, 1.54) is 11.3 Å². The van der Waals surface area contributed by atoms with Gasteiger partial charge >= 0.3 is 0 Å². The van der Waals surface area contributed by atoms with Crippen molar-refractivity contribution < 1.29 is 13.9 Å². The smallest absolute Gasteiger partial charge is 0.265 e. The van der Waals surface area contributed by atoms with Crippen LogP contribution in [-0.4, -0.2) is 18.0 Å². The van der Waals surface area contributed by atoms with E-state index in [2.05, 4.69) is 26.2 Å². The van der Waals surface area contributed by atoms with E-state index in [1.807, 2.05) is 29.6 Å². The highest BCUT2D eigenvalue weighted by Gasteiger charge is 2.12. The highest BCUT2D eigenvalue weighted by molar-refractivity contribution is 9.10. The van der Waals surface area contributed by atoms with E-state index in [-0.39, 0.29) is 5.91 Å². The first-order valence-corrected chi connectivity index (χ1v) is 9.40. The molecule has 0 saturated heterocycles. The van der Waals surface area contributed by atoms with Gasteiger partial charge in [-0.3, -0.25) is 4.79 Å². The Labute approximate surface area is 161 Å². The minimum absolute atomic E-state index is 0.137. The van der Waals surface area contributed by atoms with Gasteiger partial charge in [-0.2, -0.15) is 0 Å². The molecule has 7 heteroatoms. The summed E-state index contributed by atoms with van der Waals surface area (Å²) >= 11 is 4.86. The van der Waals surface area contributed by atoms with Crippen LogP contribution >= 0.6 is 27.3 Å². The van der Waals surface area contributed by atoms with Gasteiger partial charge in [0.05, 0.1) is 16.5 Å². The van der Waals surface area contributed by atoms with E-state index >= 15 is 0 Å². The van der Waals surface area contributed by atoms with E-state index in [0.29, 0.717) is 27.6 Å². The van der Waals surface area contributed by atoms with Gasteiger partial charge in [-0.05, 0) is 63.8 Å². The molecule has 2 aromatic heterocycles. The Morgan fingerprint density at radius 3 is 2.85 bits per heavy atom. The number of nitrogens with zero attached hydrogens (tertiary/aromatic N) is 1. The average Bonchev–Trinajstić information content (AvgIpc) is 3.31. The number of fused-ring (bicyclic) bond motifs is 1. The number of oxazole rings is 1. The van der Waals surface area contributed by atoms with Crippen LogP contribution in [0.25, 0.3) is 22.6 Å². The third kappa shape index (κ3) is 3.23. The van der Waals surface area contributed by atoms with Crippen molar-refractivity contribution in [3.63, 3.8) is 0 Å². The molecule has 0 atom stereocenters. The highest BCUT2D eigenvalue weighted by Crippen LogP contribution is 2.32. The molecule has 0 aliphatic heterocycles. The van der Waals surface area contributed by atoms with Crippen LogP contribution in [0.5, 0.6) is 5.75 Å². The second kappa shape index (κ2) is 6.93. The van der Waals surface area contributed by atoms with Gasteiger partial charge in [-0.25, -0.2) is 4.98 Å². The maximum atomic E-state index is 12.2. The van der Waals surface area contributed by atoms with E-state index in [1.54, 1.807) is 31.4 Å². The summed E-state index contributed by atoms with van der Waals surface area (Å²) in [6, 6.07) is 14.7. The molecule has 2 heterocycles. The Morgan fingerprint density at radius 1 is 1.23 bits per heavy atom. The number of hydrogen-bond acceptors (Lipinski definition) is 5. The summed E-state index contributed by atoms with van der Waals surface area (Å²) in [6.07, 6.45) is 0. The van der Waals surface area contributed by atoms with Gasteiger partial charge in [0, 0.05) is 11.3 Å². The lowest BCUT2D eigenvalue weighted by Crippen LogP contribution is -2.09. The second-order valence-electron chi connectivity index (χ2n) is 5.48. The normalized spacial score (nSPS) is 10.8. The number of nitrogens with one attached hydrogen (secondary N) is 1. The molecule has 0 spiro atoms. The van der Waals surface area contributed by atoms with Crippen LogP contribution in [0.4, 0.5) is 5.69 Å². The number of thiophene rings is 1. The highest BCUT2D eigenvalue weighted by atomic mass is 79.9. The summed E-state index contributed by atoms with van der Waals surface area (Å²) in [5.74, 6) is 1.11. The molecule has 0 aliphatic carbocycles. The largest absolute Gasteiger partial charge is 0.496 e. The summed E-state index contributed by atoms with van der Waals surface area (Å²) in [5.41, 5.74) is 2.83. The zero-order valence-electron chi connectivity index (χ0n) is 13.7. The Morgan fingerprint density at radius 2 is 2.12 bits per heavy atom. The van der Waals surface area contributed by atoms with Crippen LogP contribution in [-0.2, 0) is 0 Å². The van der Waals surface area contributed by atoms with Crippen LogP contribution in [0.3, 0.4) is 0 Å². The molecular formula is C19H13BrN2O3S. The summed E-state index contributed by atoms with van der Waals surface area (Å²) in [7, 11) is 1.62. The standard InChI is InChI=1S/C19H13BrN2O3S/c1-24-15-6-4-11(9-13(15)20)19-22-14-10-12(5-7-16(14)25-19)21-18(23)17-3-2-8-26-17/h2-10H,1H3,(H,21,23). The van der Waals surface area contributed by atoms with Crippen LogP contribution < -0.4 is 10.1 Å². The van der Waals surface area contributed by atoms with Gasteiger partial charge in [-0.1, -0.05) is 6.07 Å². The van der Waals surface area contributed by atoms with Crippen molar-refractivity contribution in [2.24, 2.45) is 0 Å². The SMILES string of the molecule is COc1ccc(-c2nc3cc(NC(=O)c4cccs4)ccc3o2)cc1Br. The summed E-state index contributed by atoms with van der Waals surface area (Å²) < 4.78 is 11.9. The topological polar surface area (TPSA) is 64.4 Å². The number of aromatic nitrogens is 1. The molecule has 1 amide bonds. The molecule has 2 aromatic carbocycles.